The SMILES string of the molecule is CC(C)OC(=O)Nc1cccc(Cl)c1.CCC(C)C1OC2(C=CC1C)CC1CC(CC=C(C)C(OC3CC(OC)C(OC4CC(OC)C(O)C(C)O4)C(C)O3)C(C)C=CC=C3COC4C(O)C(C)=CC(C(=O)O1)C34O)O2. The monoisotopic (exact) mass is 1090 g/mol. The van der Waals surface area contributed by atoms with Crippen LogP contribution in [0.5, 0.6) is 0 Å². The van der Waals surface area contributed by atoms with Gasteiger partial charge in [0.05, 0.1) is 55.4 Å². The highest BCUT2D eigenvalue weighted by molar-refractivity contribution is 6.30. The van der Waals surface area contributed by atoms with Gasteiger partial charge in [0.1, 0.15) is 42.0 Å². The van der Waals surface area contributed by atoms with Crippen molar-refractivity contribution < 1.29 is 77.0 Å². The van der Waals surface area contributed by atoms with Crippen LogP contribution in [0.2, 0.25) is 5.02 Å². The number of rotatable bonds is 10. The molecule has 76 heavy (non-hydrogen) atoms. The van der Waals surface area contributed by atoms with Crippen molar-refractivity contribution in [1.82, 2.24) is 0 Å². The predicted molar refractivity (Wildman–Crippen MR) is 284 cm³/mol. The number of allylic oxidation sites excluding steroid dienone is 2. The summed E-state index contributed by atoms with van der Waals surface area (Å²) >= 11 is 5.74. The molecule has 1 amide bonds. The fraction of sp³-hybridized carbons (Fsp3) is 0.690. The summed E-state index contributed by atoms with van der Waals surface area (Å²) in [5.41, 5.74) is 0.762. The second kappa shape index (κ2) is 26.2. The van der Waals surface area contributed by atoms with Crippen molar-refractivity contribution in [2.24, 2.45) is 23.7 Å². The first kappa shape index (κ1) is 60.1. The molecule has 20 atom stereocenters. The Hall–Kier alpha value is -3.53. The summed E-state index contributed by atoms with van der Waals surface area (Å²) in [6, 6.07) is 6.89. The van der Waals surface area contributed by atoms with Crippen molar-refractivity contribution in [3.05, 3.63) is 88.5 Å². The molecule has 1 aromatic rings. The molecule has 2 bridgehead atoms. The first-order valence-corrected chi connectivity index (χ1v) is 27.5. The van der Waals surface area contributed by atoms with Crippen LogP contribution in [0, 0.1) is 23.7 Å². The van der Waals surface area contributed by atoms with Crippen molar-refractivity contribution in [3.8, 4) is 0 Å². The number of carbonyl (C=O) groups is 2. The normalized spacial score (nSPS) is 40.1. The molecule has 424 valence electrons. The van der Waals surface area contributed by atoms with E-state index in [-0.39, 0.29) is 48.8 Å². The topological polar surface area (TPSA) is 208 Å². The standard InChI is InChI=1S/C48H72O14.C10H12ClNO2/c1-11-25(2)43-28(5)17-18-47(62-43)23-34-20-33(61-47)16-15-27(4)42(26(3)13-12-14-32-24-55-45-40(49)29(6)19-35(46(51)58-34)48(32,45)52)59-39-22-37(54-10)44(31(8)57-39)60-38-21-36(53-9)41(50)30(7)56-38;1-7(2)14-10(13)12-9-5-3-4-8(11)6-9/h12-15,17-19,25-26,28,30-31,33-45,49-50,52H,11,16,20-24H2,1-10H3;3-7H,1-2H3,(H,12,13). The molecule has 18 heteroatoms. The van der Waals surface area contributed by atoms with Crippen LogP contribution in [-0.2, 0) is 56.9 Å². The Kier molecular flexibility index (Phi) is 20.7. The van der Waals surface area contributed by atoms with Gasteiger partial charge in [-0.1, -0.05) is 88.2 Å². The van der Waals surface area contributed by atoms with Crippen LogP contribution >= 0.6 is 11.6 Å². The molecular weight excluding hydrogens is 1000 g/mol. The Labute approximate surface area is 454 Å². The van der Waals surface area contributed by atoms with Crippen LogP contribution < -0.4 is 5.32 Å². The second-order valence-corrected chi connectivity index (χ2v) is 22.5. The van der Waals surface area contributed by atoms with Crippen molar-refractivity contribution in [3.63, 3.8) is 0 Å². The van der Waals surface area contributed by atoms with Crippen LogP contribution in [0.3, 0.4) is 0 Å². The van der Waals surface area contributed by atoms with Gasteiger partial charge in [-0.25, -0.2) is 4.79 Å². The molecule has 20 unspecified atom stereocenters. The lowest BCUT2D eigenvalue weighted by molar-refractivity contribution is -0.318. The fourth-order valence-electron chi connectivity index (χ4n) is 11.5. The number of aliphatic hydroxyl groups is 3. The molecule has 8 rings (SSSR count). The van der Waals surface area contributed by atoms with Crippen molar-refractivity contribution in [2.75, 3.05) is 26.1 Å². The molecule has 1 aliphatic carbocycles. The number of aliphatic hydroxyl groups excluding tert-OH is 2. The number of anilines is 1. The molecule has 17 nitrogen and oxygen atoms in total. The lowest BCUT2D eigenvalue weighted by Gasteiger charge is -2.48. The first-order valence-electron chi connectivity index (χ1n) is 27.2. The number of hydrogen-bond donors (Lipinski definition) is 4. The summed E-state index contributed by atoms with van der Waals surface area (Å²) in [5.74, 6) is -2.56. The van der Waals surface area contributed by atoms with E-state index in [1.54, 1.807) is 78.3 Å². The Morgan fingerprint density at radius 1 is 0.908 bits per heavy atom. The largest absolute Gasteiger partial charge is 0.462 e. The Bertz CT molecular complexity index is 2290. The lowest BCUT2D eigenvalue weighted by Crippen LogP contribution is -2.58. The number of benzene rings is 1. The quantitative estimate of drug-likeness (QED) is 0.128. The van der Waals surface area contributed by atoms with E-state index in [2.05, 4.69) is 45.2 Å². The smallest absolute Gasteiger partial charge is 0.411 e. The van der Waals surface area contributed by atoms with E-state index < -0.39 is 96.9 Å². The van der Waals surface area contributed by atoms with Crippen molar-refractivity contribution in [1.29, 1.82) is 0 Å². The van der Waals surface area contributed by atoms with Gasteiger partial charge in [-0.2, -0.15) is 0 Å². The highest BCUT2D eigenvalue weighted by Gasteiger charge is 2.60. The minimum Gasteiger partial charge on any atom is -0.462 e. The zero-order valence-electron chi connectivity index (χ0n) is 46.3. The molecule has 0 radical (unpaired) electrons. The van der Waals surface area contributed by atoms with Gasteiger partial charge >= 0.3 is 12.1 Å². The lowest BCUT2D eigenvalue weighted by atomic mass is 9.71. The maximum absolute atomic E-state index is 14.3. The van der Waals surface area contributed by atoms with Crippen molar-refractivity contribution in [2.45, 2.75) is 211 Å². The van der Waals surface area contributed by atoms with Gasteiger partial charge in [-0.15, -0.1) is 0 Å². The Morgan fingerprint density at radius 3 is 2.32 bits per heavy atom. The molecule has 1 spiro atoms. The highest BCUT2D eigenvalue weighted by atomic mass is 35.5. The summed E-state index contributed by atoms with van der Waals surface area (Å²) in [6.45, 7) is 19.7. The molecule has 0 aromatic heterocycles. The molecule has 7 aliphatic rings. The average molecular weight is 1090 g/mol. The molecule has 4 saturated heterocycles. The number of methoxy groups -OCH3 is 2. The van der Waals surface area contributed by atoms with Gasteiger partial charge in [-0.3, -0.25) is 10.1 Å². The fourth-order valence-corrected chi connectivity index (χ4v) is 11.7. The third-order valence-electron chi connectivity index (χ3n) is 15.9. The summed E-state index contributed by atoms with van der Waals surface area (Å²) in [7, 11) is 3.22. The van der Waals surface area contributed by atoms with Crippen LogP contribution in [0.15, 0.2) is 83.5 Å². The van der Waals surface area contributed by atoms with Crippen LogP contribution in [0.1, 0.15) is 108 Å². The van der Waals surface area contributed by atoms with Gasteiger partial charge in [0, 0.05) is 62.4 Å². The Balaban J connectivity index is 0.000000521. The minimum absolute atomic E-state index is 0.0317. The summed E-state index contributed by atoms with van der Waals surface area (Å²) in [6.07, 6.45) is 7.95. The van der Waals surface area contributed by atoms with Crippen LogP contribution in [0.4, 0.5) is 10.5 Å². The predicted octanol–water partition coefficient (Wildman–Crippen LogP) is 8.67. The number of carbonyl (C=O) groups excluding carboxylic acids is 2. The third-order valence-corrected chi connectivity index (χ3v) is 16.2. The average Bonchev–Trinajstić information content (AvgIpc) is 3.71. The van der Waals surface area contributed by atoms with Crippen molar-refractivity contribution >= 4 is 29.4 Å². The summed E-state index contributed by atoms with van der Waals surface area (Å²) < 4.78 is 68.6. The number of halogens is 1. The number of amides is 1. The third kappa shape index (κ3) is 14.1. The Morgan fingerprint density at radius 2 is 1.62 bits per heavy atom. The number of hydrogen-bond acceptors (Lipinski definition) is 16. The molecule has 6 aliphatic heterocycles. The van der Waals surface area contributed by atoms with E-state index >= 15 is 0 Å². The number of fused-ring (bicyclic) bond motifs is 2. The zero-order valence-corrected chi connectivity index (χ0v) is 47.1. The zero-order chi connectivity index (χ0) is 55.2. The van der Waals surface area contributed by atoms with Crippen LogP contribution in [-0.4, -0.2) is 152 Å². The minimum atomic E-state index is -1.84. The van der Waals surface area contributed by atoms with E-state index in [0.717, 1.165) is 12.0 Å². The van der Waals surface area contributed by atoms with E-state index in [1.807, 2.05) is 32.1 Å². The maximum Gasteiger partial charge on any atom is 0.411 e. The van der Waals surface area contributed by atoms with Gasteiger partial charge in [-0.05, 0) is 94.9 Å². The molecule has 4 fully saturated rings. The van der Waals surface area contributed by atoms with Crippen LogP contribution in [0.25, 0.3) is 0 Å². The second-order valence-electron chi connectivity index (χ2n) is 22.0. The van der Waals surface area contributed by atoms with E-state index in [4.69, 9.17) is 63.7 Å². The number of ether oxygens (including phenoxy) is 11. The molecule has 6 heterocycles. The molecule has 1 aromatic carbocycles. The van der Waals surface area contributed by atoms with E-state index in [0.29, 0.717) is 54.0 Å². The van der Waals surface area contributed by atoms with Gasteiger partial charge in [0.15, 0.2) is 18.4 Å². The van der Waals surface area contributed by atoms with E-state index in [1.165, 1.54) is 0 Å². The number of nitrogens with one attached hydrogen (secondary N) is 1. The van der Waals surface area contributed by atoms with Gasteiger partial charge < -0.3 is 67.4 Å². The maximum atomic E-state index is 14.3. The molecular formula is C58H84ClNO16. The van der Waals surface area contributed by atoms with Gasteiger partial charge in [0.25, 0.3) is 0 Å². The van der Waals surface area contributed by atoms with Gasteiger partial charge in [0.2, 0.25) is 0 Å². The molecule has 4 N–H and O–H groups in total. The van der Waals surface area contributed by atoms with E-state index in [9.17, 15) is 24.9 Å². The number of esters is 1. The summed E-state index contributed by atoms with van der Waals surface area (Å²) in [4.78, 5) is 25.5. The summed E-state index contributed by atoms with van der Waals surface area (Å²) in [5, 5.41) is 37.4. The highest BCUT2D eigenvalue weighted by Crippen LogP contribution is 2.47. The molecule has 0 saturated carbocycles. The first-order chi connectivity index (χ1) is 36.1.